The van der Waals surface area contributed by atoms with Gasteiger partial charge < -0.3 is 14.2 Å². The van der Waals surface area contributed by atoms with Gasteiger partial charge in [-0.15, -0.1) is 13.2 Å². The molecule has 0 saturated heterocycles. The number of carbonyl (C=O) groups excluding carboxylic acids is 1. The molecule has 0 N–H and O–H groups in total. The van der Waals surface area contributed by atoms with E-state index in [2.05, 4.69) is 21.3 Å². The first-order valence-electron chi connectivity index (χ1n) is 8.01. The van der Waals surface area contributed by atoms with Crippen LogP contribution in [0.2, 0.25) is 0 Å². The summed E-state index contributed by atoms with van der Waals surface area (Å²) in [5, 5.41) is 0. The summed E-state index contributed by atoms with van der Waals surface area (Å²) in [4.78, 5) is 11.9. The zero-order valence-corrected chi connectivity index (χ0v) is 14.6. The fourth-order valence-corrected chi connectivity index (χ4v) is 2.38. The molecule has 2 rings (SSSR count). The average molecular weight is 408 g/mol. The number of carbonyl (C=O) groups is 1. The third kappa shape index (κ3) is 5.12. The molecule has 0 bridgehead atoms. The second-order valence-corrected chi connectivity index (χ2v) is 5.45. The molecule has 1 aromatic rings. The monoisotopic (exact) mass is 408 g/mol. The van der Waals surface area contributed by atoms with E-state index in [1.165, 1.54) is 6.92 Å². The van der Waals surface area contributed by atoms with Gasteiger partial charge in [0.05, 0.1) is 17.7 Å². The first kappa shape index (κ1) is 21.5. The van der Waals surface area contributed by atoms with Gasteiger partial charge in [0, 0.05) is 12.0 Å². The standard InChI is InChI=1S/C18H14F6O4/c1-3-5-6-10-7-12(28-18(22,23)24)8-11-9-13(16(25)26-4-2)15(17(19,20)21)27-14(10)11/h7-9,15H,3-4H2,1-2H3. The van der Waals surface area contributed by atoms with Gasteiger partial charge in [-0.2, -0.15) is 13.2 Å². The zero-order chi connectivity index (χ0) is 21.1. The van der Waals surface area contributed by atoms with Crippen LogP contribution in [0.15, 0.2) is 17.7 Å². The largest absolute Gasteiger partial charge is 0.573 e. The Morgan fingerprint density at radius 1 is 1.18 bits per heavy atom. The molecule has 1 aliphatic rings. The molecule has 1 unspecified atom stereocenters. The number of fused-ring (bicyclic) bond motifs is 1. The van der Waals surface area contributed by atoms with Crippen molar-refractivity contribution in [2.45, 2.75) is 38.9 Å². The highest BCUT2D eigenvalue weighted by Crippen LogP contribution is 2.41. The fraction of sp³-hybridized carbons (Fsp3) is 0.389. The maximum atomic E-state index is 13.4. The Morgan fingerprint density at radius 2 is 1.86 bits per heavy atom. The highest BCUT2D eigenvalue weighted by molar-refractivity contribution is 5.96. The van der Waals surface area contributed by atoms with E-state index >= 15 is 0 Å². The van der Waals surface area contributed by atoms with Crippen LogP contribution in [0.5, 0.6) is 11.5 Å². The summed E-state index contributed by atoms with van der Waals surface area (Å²) in [7, 11) is 0. The van der Waals surface area contributed by atoms with Crippen LogP contribution in [0.1, 0.15) is 31.4 Å². The van der Waals surface area contributed by atoms with Crippen molar-refractivity contribution in [2.75, 3.05) is 6.61 Å². The third-order valence-electron chi connectivity index (χ3n) is 3.36. The Labute approximate surface area is 156 Å². The number of benzene rings is 1. The van der Waals surface area contributed by atoms with Gasteiger partial charge in [-0.05, 0) is 25.1 Å². The van der Waals surface area contributed by atoms with E-state index in [1.807, 2.05) is 0 Å². The van der Waals surface area contributed by atoms with Crippen molar-refractivity contribution in [2.24, 2.45) is 0 Å². The van der Waals surface area contributed by atoms with Crippen molar-refractivity contribution in [3.63, 3.8) is 0 Å². The lowest BCUT2D eigenvalue weighted by Gasteiger charge is -2.28. The van der Waals surface area contributed by atoms with Gasteiger partial charge in [0.15, 0.2) is 0 Å². The summed E-state index contributed by atoms with van der Waals surface area (Å²) in [6.45, 7) is 2.85. The molecular weight excluding hydrogens is 394 g/mol. The number of hydrogen-bond acceptors (Lipinski definition) is 4. The van der Waals surface area contributed by atoms with Crippen LogP contribution in [0.25, 0.3) is 6.08 Å². The van der Waals surface area contributed by atoms with Crippen molar-refractivity contribution >= 4 is 12.0 Å². The maximum absolute atomic E-state index is 13.4. The van der Waals surface area contributed by atoms with Gasteiger partial charge in [0.25, 0.3) is 0 Å². The number of alkyl halides is 6. The summed E-state index contributed by atoms with van der Waals surface area (Å²) in [6.07, 6.45) is -11.6. The highest BCUT2D eigenvalue weighted by Gasteiger charge is 2.49. The zero-order valence-electron chi connectivity index (χ0n) is 14.6. The van der Waals surface area contributed by atoms with Crippen LogP contribution in [-0.4, -0.2) is 31.2 Å². The Kier molecular flexibility index (Phi) is 6.17. The normalized spacial score (nSPS) is 16.1. The molecule has 1 heterocycles. The van der Waals surface area contributed by atoms with E-state index in [1.54, 1.807) is 6.92 Å². The molecule has 0 spiro atoms. The second-order valence-electron chi connectivity index (χ2n) is 5.45. The molecule has 1 aromatic carbocycles. The van der Waals surface area contributed by atoms with Gasteiger partial charge >= 0.3 is 18.5 Å². The molecular formula is C18H14F6O4. The summed E-state index contributed by atoms with van der Waals surface area (Å²) < 4.78 is 91.2. The number of rotatable bonds is 3. The van der Waals surface area contributed by atoms with Crippen molar-refractivity contribution in [3.8, 4) is 23.3 Å². The summed E-state index contributed by atoms with van der Waals surface area (Å²) in [6, 6.07) is 1.64. The minimum atomic E-state index is -5.03. The second kappa shape index (κ2) is 8.04. The fourth-order valence-electron chi connectivity index (χ4n) is 2.38. The lowest BCUT2D eigenvalue weighted by molar-refractivity contribution is -0.274. The molecule has 0 aliphatic carbocycles. The van der Waals surface area contributed by atoms with Crippen molar-refractivity contribution in [1.29, 1.82) is 0 Å². The number of esters is 1. The molecule has 0 fully saturated rings. The van der Waals surface area contributed by atoms with E-state index in [0.29, 0.717) is 6.42 Å². The molecule has 28 heavy (non-hydrogen) atoms. The molecule has 1 atom stereocenters. The predicted octanol–water partition coefficient (Wildman–Crippen LogP) is 4.62. The minimum Gasteiger partial charge on any atom is -0.474 e. The van der Waals surface area contributed by atoms with Crippen LogP contribution in [0.4, 0.5) is 26.3 Å². The maximum Gasteiger partial charge on any atom is 0.573 e. The van der Waals surface area contributed by atoms with Gasteiger partial charge in [0.1, 0.15) is 11.5 Å². The van der Waals surface area contributed by atoms with Crippen molar-refractivity contribution in [3.05, 3.63) is 28.8 Å². The van der Waals surface area contributed by atoms with Crippen LogP contribution < -0.4 is 9.47 Å². The lowest BCUT2D eigenvalue weighted by Crippen LogP contribution is -2.41. The van der Waals surface area contributed by atoms with E-state index in [4.69, 9.17) is 4.74 Å². The molecule has 1 aliphatic heterocycles. The van der Waals surface area contributed by atoms with Gasteiger partial charge in [-0.3, -0.25) is 0 Å². The van der Waals surface area contributed by atoms with Crippen molar-refractivity contribution < 1.29 is 45.3 Å². The van der Waals surface area contributed by atoms with Crippen LogP contribution in [0, 0.1) is 11.8 Å². The lowest BCUT2D eigenvalue weighted by atomic mass is 9.98. The van der Waals surface area contributed by atoms with E-state index in [0.717, 1.165) is 18.2 Å². The molecule has 0 saturated carbocycles. The molecule has 152 valence electrons. The van der Waals surface area contributed by atoms with Crippen LogP contribution in [-0.2, 0) is 9.53 Å². The first-order chi connectivity index (χ1) is 13.0. The van der Waals surface area contributed by atoms with Crippen LogP contribution >= 0.6 is 0 Å². The van der Waals surface area contributed by atoms with Crippen LogP contribution in [0.3, 0.4) is 0 Å². The average Bonchev–Trinajstić information content (AvgIpc) is 2.56. The van der Waals surface area contributed by atoms with E-state index < -0.39 is 41.7 Å². The number of halogens is 6. The number of hydrogen-bond donors (Lipinski definition) is 0. The topological polar surface area (TPSA) is 44.8 Å². The molecule has 0 aromatic heterocycles. The molecule has 0 radical (unpaired) electrons. The Morgan fingerprint density at radius 3 is 2.39 bits per heavy atom. The SMILES string of the molecule is CCC#Cc1cc(OC(F)(F)F)cc2c1OC(C(F)(F)F)C(C(=O)OCC)=C2. The van der Waals surface area contributed by atoms with E-state index in [-0.39, 0.29) is 17.7 Å². The minimum absolute atomic E-state index is 0.196. The summed E-state index contributed by atoms with van der Waals surface area (Å²) in [5.41, 5.74) is -1.34. The van der Waals surface area contributed by atoms with Crippen molar-refractivity contribution in [1.82, 2.24) is 0 Å². The number of ether oxygens (including phenoxy) is 3. The van der Waals surface area contributed by atoms with Gasteiger partial charge in [0.2, 0.25) is 6.10 Å². The van der Waals surface area contributed by atoms with Gasteiger partial charge in [-0.1, -0.05) is 18.8 Å². The first-order valence-corrected chi connectivity index (χ1v) is 8.01. The quantitative estimate of drug-likeness (QED) is 0.416. The van der Waals surface area contributed by atoms with E-state index in [9.17, 15) is 31.1 Å². The third-order valence-corrected chi connectivity index (χ3v) is 3.36. The Bertz CT molecular complexity index is 843. The molecule has 0 amide bonds. The molecule has 4 nitrogen and oxygen atoms in total. The predicted molar refractivity (Wildman–Crippen MR) is 85.4 cm³/mol. The highest BCUT2D eigenvalue weighted by atomic mass is 19.4. The summed E-state index contributed by atoms with van der Waals surface area (Å²) in [5.74, 6) is 2.61. The summed E-state index contributed by atoms with van der Waals surface area (Å²) >= 11 is 0. The Balaban J connectivity index is 2.66. The van der Waals surface area contributed by atoms with Gasteiger partial charge in [-0.25, -0.2) is 4.79 Å². The smallest absolute Gasteiger partial charge is 0.474 e. The molecule has 10 heteroatoms. The Hall–Kier alpha value is -2.83.